The van der Waals surface area contributed by atoms with Crippen molar-refractivity contribution in [3.05, 3.63) is 107 Å². The van der Waals surface area contributed by atoms with Crippen molar-refractivity contribution in [2.45, 2.75) is 84.5 Å². The lowest BCUT2D eigenvalue weighted by molar-refractivity contribution is -0.533. The van der Waals surface area contributed by atoms with Crippen LogP contribution in [0, 0.1) is 0 Å². The number of hydrogen-bond donors (Lipinski definition) is 1. The van der Waals surface area contributed by atoms with Gasteiger partial charge in [-0.25, -0.2) is 4.58 Å². The van der Waals surface area contributed by atoms with Crippen LogP contribution in [-0.2, 0) is 29.8 Å². The monoisotopic (exact) mass is 766 g/mol. The van der Waals surface area contributed by atoms with E-state index in [1.165, 1.54) is 50.8 Å². The maximum atomic E-state index is 6.22. The Kier molecular flexibility index (Phi) is 15.2. The smallest absolute Gasteiger partial charge is 0.206 e. The van der Waals surface area contributed by atoms with E-state index in [0.29, 0.717) is 52.9 Å². The Labute approximate surface area is 337 Å². The summed E-state index contributed by atoms with van der Waals surface area (Å²) in [5.41, 5.74) is 12.1. The first-order chi connectivity index (χ1) is 27.3. The van der Waals surface area contributed by atoms with Gasteiger partial charge < -0.3 is 34.1 Å². The summed E-state index contributed by atoms with van der Waals surface area (Å²) in [7, 11) is 0. The minimum absolute atomic E-state index is 0.0887. The molecular formula is C48H69N4O4+. The number of nitrogens with one attached hydrogen (secondary N) is 1. The largest absolute Gasteiger partial charge is 0.378 e. The molecule has 8 nitrogen and oxygen atoms in total. The fraction of sp³-hybridized carbons (Fsp3) is 0.562. The van der Waals surface area contributed by atoms with E-state index >= 15 is 0 Å². The van der Waals surface area contributed by atoms with E-state index < -0.39 is 0 Å². The number of rotatable bonds is 6. The first-order valence-electron chi connectivity index (χ1n) is 21.5. The minimum Gasteiger partial charge on any atom is -0.378 e. The van der Waals surface area contributed by atoms with Gasteiger partial charge in [-0.05, 0) is 67.5 Å². The fourth-order valence-corrected chi connectivity index (χ4v) is 8.96. The Bertz CT molecular complexity index is 1650. The van der Waals surface area contributed by atoms with Crippen molar-refractivity contribution in [2.24, 2.45) is 0 Å². The van der Waals surface area contributed by atoms with Crippen molar-refractivity contribution in [2.75, 3.05) is 102 Å². The highest BCUT2D eigenvalue weighted by atomic mass is 16.5. The van der Waals surface area contributed by atoms with Crippen LogP contribution in [0.4, 0.5) is 11.4 Å². The van der Waals surface area contributed by atoms with E-state index in [9.17, 15) is 0 Å². The number of fused-ring (bicyclic) bond motifs is 2. The predicted octanol–water partition coefficient (Wildman–Crippen LogP) is 8.33. The molecule has 1 N–H and O–H groups in total. The Morgan fingerprint density at radius 2 is 1.02 bits per heavy atom. The zero-order valence-electron chi connectivity index (χ0n) is 35.3. The molecule has 1 aliphatic carbocycles. The molecule has 304 valence electrons. The molecule has 56 heavy (non-hydrogen) atoms. The lowest BCUT2D eigenvalue weighted by atomic mass is 9.82. The summed E-state index contributed by atoms with van der Waals surface area (Å²) < 4.78 is 26.7. The molecule has 3 aliphatic heterocycles. The van der Waals surface area contributed by atoms with Crippen LogP contribution >= 0.6 is 0 Å². The van der Waals surface area contributed by atoms with E-state index in [0.717, 1.165) is 71.4 Å². The van der Waals surface area contributed by atoms with Crippen molar-refractivity contribution in [1.29, 1.82) is 0 Å². The molecule has 6 rings (SSSR count). The first-order valence-corrected chi connectivity index (χ1v) is 21.5. The third kappa shape index (κ3) is 9.76. The van der Waals surface area contributed by atoms with Gasteiger partial charge in [0.05, 0.1) is 39.6 Å². The first kappa shape index (κ1) is 42.1. The Hall–Kier alpha value is -3.53. The van der Waals surface area contributed by atoms with E-state index in [-0.39, 0.29) is 10.8 Å². The highest BCUT2D eigenvalue weighted by molar-refractivity contribution is 6.10. The van der Waals surface area contributed by atoms with Gasteiger partial charge in [-0.3, -0.25) is 0 Å². The Balaban J connectivity index is 1.42. The maximum Gasteiger partial charge on any atom is 0.206 e. The highest BCUT2D eigenvalue weighted by Crippen LogP contribution is 2.49. The molecule has 1 saturated carbocycles. The predicted molar refractivity (Wildman–Crippen MR) is 232 cm³/mol. The molecule has 0 radical (unpaired) electrons. The third-order valence-corrected chi connectivity index (χ3v) is 11.8. The normalized spacial score (nSPS) is 24.5. The average Bonchev–Trinajstić information content (AvgIpc) is 3.54. The molecule has 0 aromatic heterocycles. The summed E-state index contributed by atoms with van der Waals surface area (Å²) in [6.07, 6.45) is 15.1. The van der Waals surface area contributed by atoms with Crippen molar-refractivity contribution in [3.8, 4) is 0 Å². The number of para-hydroxylation sites is 2. The number of allylic oxidation sites excluding steroid dienone is 8. The number of anilines is 2. The molecule has 0 atom stereocenters. The average molecular weight is 766 g/mol. The summed E-state index contributed by atoms with van der Waals surface area (Å²) >= 11 is 0. The van der Waals surface area contributed by atoms with Gasteiger partial charge >= 0.3 is 0 Å². The summed E-state index contributed by atoms with van der Waals surface area (Å²) in [5.74, 6) is 0. The van der Waals surface area contributed by atoms with Crippen molar-refractivity contribution in [1.82, 2.24) is 5.32 Å². The lowest BCUT2D eigenvalue weighted by Crippen LogP contribution is -2.33. The zero-order valence-corrected chi connectivity index (χ0v) is 35.3. The van der Waals surface area contributed by atoms with Crippen LogP contribution in [0.1, 0.15) is 84.8 Å². The molecule has 0 amide bonds. The molecular weight excluding hydrogens is 697 g/mol. The van der Waals surface area contributed by atoms with Crippen molar-refractivity contribution < 1.29 is 23.5 Å². The molecule has 0 bridgehead atoms. The van der Waals surface area contributed by atoms with Crippen LogP contribution < -0.4 is 15.1 Å². The molecule has 4 aliphatic rings. The van der Waals surface area contributed by atoms with Crippen LogP contribution in [0.15, 0.2) is 95.4 Å². The van der Waals surface area contributed by atoms with Crippen LogP contribution in [0.25, 0.3) is 0 Å². The fourth-order valence-electron chi connectivity index (χ4n) is 8.96. The van der Waals surface area contributed by atoms with Gasteiger partial charge in [-0.1, -0.05) is 90.1 Å². The van der Waals surface area contributed by atoms with E-state index in [1.54, 1.807) is 0 Å². The molecule has 2 aromatic rings. The summed E-state index contributed by atoms with van der Waals surface area (Å²) in [6, 6.07) is 17.9. The van der Waals surface area contributed by atoms with Crippen LogP contribution in [0.3, 0.4) is 0 Å². The van der Waals surface area contributed by atoms with Gasteiger partial charge in [0.25, 0.3) is 0 Å². The summed E-state index contributed by atoms with van der Waals surface area (Å²) in [5, 5.41) is 3.37. The molecule has 2 aromatic carbocycles. The number of benzene rings is 2. The van der Waals surface area contributed by atoms with Gasteiger partial charge in [-0.15, -0.1) is 0 Å². The number of ether oxygens (including phenoxy) is 4. The van der Waals surface area contributed by atoms with Gasteiger partial charge in [-0.2, -0.15) is 0 Å². The SMILES string of the molecule is CCCN1C(=CC=C2CCCC(=C/C=C3\N(CCC)c4ccccc4C3(C)C)C2=[N+]2CCOCCOCCNCCOCCOCC2)C(C)(C)c2ccccc21. The summed E-state index contributed by atoms with van der Waals surface area (Å²) in [4.78, 5) is 5.11. The second-order valence-corrected chi connectivity index (χ2v) is 16.5. The topological polar surface area (TPSA) is 58.4 Å². The van der Waals surface area contributed by atoms with Crippen molar-refractivity contribution in [3.63, 3.8) is 0 Å². The number of hydrogen-bond acceptors (Lipinski definition) is 7. The van der Waals surface area contributed by atoms with E-state index in [2.05, 4.69) is 134 Å². The molecule has 3 heterocycles. The molecule has 0 spiro atoms. The Morgan fingerprint density at radius 1 is 0.589 bits per heavy atom. The molecule has 0 unspecified atom stereocenters. The highest BCUT2D eigenvalue weighted by Gasteiger charge is 2.41. The minimum atomic E-state index is -0.0887. The van der Waals surface area contributed by atoms with Gasteiger partial charge in [0.1, 0.15) is 13.2 Å². The Morgan fingerprint density at radius 3 is 1.46 bits per heavy atom. The maximum absolute atomic E-state index is 6.22. The van der Waals surface area contributed by atoms with Crippen LogP contribution in [-0.4, -0.2) is 102 Å². The van der Waals surface area contributed by atoms with Gasteiger partial charge in [0.2, 0.25) is 5.71 Å². The second-order valence-electron chi connectivity index (χ2n) is 16.5. The molecule has 1 saturated heterocycles. The summed E-state index contributed by atoms with van der Waals surface area (Å²) in [6.45, 7) is 24.2. The van der Waals surface area contributed by atoms with E-state index in [4.69, 9.17) is 18.9 Å². The van der Waals surface area contributed by atoms with Gasteiger partial charge in [0, 0.05) is 70.9 Å². The zero-order chi connectivity index (χ0) is 39.4. The number of nitrogens with zero attached hydrogens (tertiary/aromatic N) is 3. The van der Waals surface area contributed by atoms with Crippen LogP contribution in [0.2, 0.25) is 0 Å². The van der Waals surface area contributed by atoms with Crippen LogP contribution in [0.5, 0.6) is 0 Å². The van der Waals surface area contributed by atoms with Crippen molar-refractivity contribution >= 4 is 17.1 Å². The quantitative estimate of drug-likeness (QED) is 0.297. The van der Waals surface area contributed by atoms with Gasteiger partial charge in [0.15, 0.2) is 13.1 Å². The standard InChI is InChI=1S/C48H69N4O4/c1-7-26-51-42-18-11-9-16-40(42)47(3,4)44(51)22-20-38-14-13-15-39(21-23-45-48(5,6)41-17-10-12-19-43(41)52(45)27-8-2)46(38)50-28-32-55-36-34-53-30-24-49-25-31-54-35-37-56-33-29-50/h9-12,16-23,49H,7-8,13-15,24-37H2,1-6H3/q+1. The third-order valence-electron chi connectivity index (χ3n) is 11.8. The molecule has 2 fully saturated rings. The lowest BCUT2D eigenvalue weighted by Gasteiger charge is -2.27. The second kappa shape index (κ2) is 20.2. The van der Waals surface area contributed by atoms with E-state index in [1.807, 2.05) is 0 Å². The molecule has 8 heteroatoms.